The SMILES string of the molecule is CCCC(=O)OCC.COc1cc2nc(=O)[nH]c(C)c2cc1OC. The Balaban J connectivity index is 0.000000307. The minimum absolute atomic E-state index is 0.0880. The van der Waals surface area contributed by atoms with Crippen molar-refractivity contribution in [3.63, 3.8) is 0 Å². The van der Waals surface area contributed by atoms with E-state index in [4.69, 9.17) is 9.47 Å². The fourth-order valence-electron chi connectivity index (χ4n) is 2.06. The maximum absolute atomic E-state index is 11.2. The highest BCUT2D eigenvalue weighted by atomic mass is 16.5. The summed E-state index contributed by atoms with van der Waals surface area (Å²) in [4.78, 5) is 28.2. The van der Waals surface area contributed by atoms with Crippen LogP contribution in [-0.4, -0.2) is 36.8 Å². The van der Waals surface area contributed by atoms with E-state index >= 15 is 0 Å². The fourth-order valence-corrected chi connectivity index (χ4v) is 2.06. The zero-order valence-corrected chi connectivity index (χ0v) is 14.8. The summed E-state index contributed by atoms with van der Waals surface area (Å²) in [5.41, 5.74) is 0.993. The third-order valence-corrected chi connectivity index (χ3v) is 3.18. The summed E-state index contributed by atoms with van der Waals surface area (Å²) in [6, 6.07) is 3.49. The molecule has 0 unspecified atom stereocenters. The second-order valence-electron chi connectivity index (χ2n) is 4.95. The van der Waals surface area contributed by atoms with Crippen molar-refractivity contribution in [3.8, 4) is 11.5 Å². The molecule has 132 valence electrons. The van der Waals surface area contributed by atoms with Gasteiger partial charge in [0.25, 0.3) is 0 Å². The minimum Gasteiger partial charge on any atom is -0.493 e. The van der Waals surface area contributed by atoms with Crippen molar-refractivity contribution in [1.29, 1.82) is 0 Å². The Kier molecular flexibility index (Phi) is 7.74. The predicted molar refractivity (Wildman–Crippen MR) is 91.7 cm³/mol. The number of carbonyl (C=O) groups is 1. The van der Waals surface area contributed by atoms with E-state index in [2.05, 4.69) is 14.7 Å². The van der Waals surface area contributed by atoms with E-state index in [1.165, 1.54) is 0 Å². The number of methoxy groups -OCH3 is 2. The maximum atomic E-state index is 11.2. The van der Waals surface area contributed by atoms with E-state index in [1.54, 1.807) is 26.4 Å². The van der Waals surface area contributed by atoms with Crippen molar-refractivity contribution in [3.05, 3.63) is 28.3 Å². The number of carbonyl (C=O) groups excluding carboxylic acids is 1. The van der Waals surface area contributed by atoms with Gasteiger partial charge in [-0.3, -0.25) is 4.79 Å². The van der Waals surface area contributed by atoms with Crippen LogP contribution in [0.1, 0.15) is 32.4 Å². The van der Waals surface area contributed by atoms with Crippen LogP contribution >= 0.6 is 0 Å². The van der Waals surface area contributed by atoms with Gasteiger partial charge < -0.3 is 19.2 Å². The number of aromatic nitrogens is 2. The number of hydrogen-bond acceptors (Lipinski definition) is 6. The Morgan fingerprint density at radius 1 is 1.17 bits per heavy atom. The average Bonchev–Trinajstić information content (AvgIpc) is 2.54. The second-order valence-corrected chi connectivity index (χ2v) is 4.95. The molecule has 0 radical (unpaired) electrons. The van der Waals surface area contributed by atoms with Crippen LogP contribution in [0, 0.1) is 6.92 Å². The summed E-state index contributed by atoms with van der Waals surface area (Å²) in [6.07, 6.45) is 1.42. The second kappa shape index (κ2) is 9.54. The molecule has 1 N–H and O–H groups in total. The molecule has 0 aliphatic carbocycles. The number of fused-ring (bicyclic) bond motifs is 1. The van der Waals surface area contributed by atoms with Gasteiger partial charge in [0.1, 0.15) is 0 Å². The molecule has 7 nitrogen and oxygen atoms in total. The van der Waals surface area contributed by atoms with Gasteiger partial charge in [0.15, 0.2) is 11.5 Å². The van der Waals surface area contributed by atoms with Crippen LogP contribution in [0.4, 0.5) is 0 Å². The van der Waals surface area contributed by atoms with Crippen LogP contribution in [0.5, 0.6) is 11.5 Å². The molecule has 2 rings (SSSR count). The molecule has 0 amide bonds. The van der Waals surface area contributed by atoms with Crippen LogP contribution in [0.2, 0.25) is 0 Å². The van der Waals surface area contributed by atoms with E-state index < -0.39 is 0 Å². The smallest absolute Gasteiger partial charge is 0.345 e. The molecule has 0 bridgehead atoms. The summed E-state index contributed by atoms with van der Waals surface area (Å²) in [5, 5.41) is 0.845. The van der Waals surface area contributed by atoms with Gasteiger partial charge in [0.2, 0.25) is 0 Å². The molecular weight excluding hydrogens is 312 g/mol. The zero-order chi connectivity index (χ0) is 18.1. The standard InChI is InChI=1S/C11H12N2O3.C6H12O2/c1-6-7-4-9(15-2)10(16-3)5-8(7)13-11(14)12-6;1-3-5-6(7)8-4-2/h4-5H,1-3H3,(H,12,13,14);3-5H2,1-2H3. The first-order valence-electron chi connectivity index (χ1n) is 7.75. The number of ether oxygens (including phenoxy) is 3. The number of nitrogens with zero attached hydrogens (tertiary/aromatic N) is 1. The Hall–Kier alpha value is -2.57. The van der Waals surface area contributed by atoms with Crippen molar-refractivity contribution in [2.45, 2.75) is 33.6 Å². The van der Waals surface area contributed by atoms with Gasteiger partial charge in [0.05, 0.1) is 26.3 Å². The average molecular weight is 336 g/mol. The van der Waals surface area contributed by atoms with Gasteiger partial charge in [-0.05, 0) is 26.3 Å². The third kappa shape index (κ3) is 5.26. The number of hydrogen-bond donors (Lipinski definition) is 1. The zero-order valence-electron chi connectivity index (χ0n) is 14.8. The van der Waals surface area contributed by atoms with Crippen LogP contribution in [0.3, 0.4) is 0 Å². The van der Waals surface area contributed by atoms with Crippen LogP contribution in [0.15, 0.2) is 16.9 Å². The Morgan fingerprint density at radius 2 is 1.79 bits per heavy atom. The molecule has 24 heavy (non-hydrogen) atoms. The highest BCUT2D eigenvalue weighted by Gasteiger charge is 2.09. The number of benzene rings is 1. The van der Waals surface area contributed by atoms with E-state index in [-0.39, 0.29) is 11.7 Å². The molecule has 0 saturated carbocycles. The number of esters is 1. The Bertz CT molecular complexity index is 732. The fraction of sp³-hybridized carbons (Fsp3) is 0.471. The molecule has 7 heteroatoms. The molecular formula is C17H24N2O5. The molecule has 2 aromatic rings. The molecule has 0 saturated heterocycles. The molecule has 0 atom stereocenters. The van der Waals surface area contributed by atoms with Gasteiger partial charge in [-0.25, -0.2) is 4.79 Å². The summed E-state index contributed by atoms with van der Waals surface area (Å²) in [5.74, 6) is 1.09. The van der Waals surface area contributed by atoms with Gasteiger partial charge >= 0.3 is 11.7 Å². The van der Waals surface area contributed by atoms with Crippen LogP contribution in [-0.2, 0) is 9.53 Å². The lowest BCUT2D eigenvalue weighted by molar-refractivity contribution is -0.143. The molecule has 0 fully saturated rings. The Labute approximate surface area is 141 Å². The topological polar surface area (TPSA) is 90.5 Å². The summed E-state index contributed by atoms with van der Waals surface area (Å²) in [6.45, 7) is 6.08. The predicted octanol–water partition coefficient (Wildman–Crippen LogP) is 2.60. The molecule has 0 spiro atoms. The lowest BCUT2D eigenvalue weighted by Gasteiger charge is -2.09. The highest BCUT2D eigenvalue weighted by Crippen LogP contribution is 2.31. The van der Waals surface area contributed by atoms with E-state index in [9.17, 15) is 9.59 Å². The van der Waals surface area contributed by atoms with Gasteiger partial charge in [-0.15, -0.1) is 0 Å². The van der Waals surface area contributed by atoms with E-state index in [0.29, 0.717) is 30.0 Å². The number of H-pyrrole nitrogens is 1. The van der Waals surface area contributed by atoms with Gasteiger partial charge in [-0.2, -0.15) is 4.98 Å². The quantitative estimate of drug-likeness (QED) is 0.844. The van der Waals surface area contributed by atoms with Gasteiger partial charge in [-0.1, -0.05) is 6.92 Å². The first kappa shape index (κ1) is 19.5. The molecule has 1 aromatic heterocycles. The summed E-state index contributed by atoms with van der Waals surface area (Å²) in [7, 11) is 3.11. The summed E-state index contributed by atoms with van der Waals surface area (Å²) >= 11 is 0. The first-order valence-corrected chi connectivity index (χ1v) is 7.75. The number of aryl methyl sites for hydroxylation is 1. The monoisotopic (exact) mass is 336 g/mol. The van der Waals surface area contributed by atoms with Gasteiger partial charge in [0, 0.05) is 23.6 Å². The lowest BCUT2D eigenvalue weighted by Crippen LogP contribution is -2.11. The van der Waals surface area contributed by atoms with E-state index in [0.717, 1.165) is 17.5 Å². The number of nitrogens with one attached hydrogen (secondary N) is 1. The lowest BCUT2D eigenvalue weighted by atomic mass is 10.2. The molecule has 1 aromatic carbocycles. The molecule has 0 aliphatic rings. The summed E-state index contributed by atoms with van der Waals surface area (Å²) < 4.78 is 15.0. The first-order chi connectivity index (χ1) is 11.5. The van der Waals surface area contributed by atoms with Crippen LogP contribution in [0.25, 0.3) is 10.9 Å². The maximum Gasteiger partial charge on any atom is 0.345 e. The van der Waals surface area contributed by atoms with E-state index in [1.807, 2.05) is 20.8 Å². The van der Waals surface area contributed by atoms with Crippen molar-refractivity contribution in [2.75, 3.05) is 20.8 Å². The normalized spacial score (nSPS) is 9.88. The number of rotatable bonds is 5. The minimum atomic E-state index is -0.364. The molecule has 1 heterocycles. The van der Waals surface area contributed by atoms with Crippen molar-refractivity contribution >= 4 is 16.9 Å². The largest absolute Gasteiger partial charge is 0.493 e. The van der Waals surface area contributed by atoms with Crippen LogP contribution < -0.4 is 15.2 Å². The van der Waals surface area contributed by atoms with Crippen molar-refractivity contribution in [1.82, 2.24) is 9.97 Å². The molecule has 0 aliphatic heterocycles. The number of aromatic amines is 1. The van der Waals surface area contributed by atoms with Crippen molar-refractivity contribution in [2.24, 2.45) is 0 Å². The van der Waals surface area contributed by atoms with Crippen molar-refractivity contribution < 1.29 is 19.0 Å². The highest BCUT2D eigenvalue weighted by molar-refractivity contribution is 5.84. The third-order valence-electron chi connectivity index (χ3n) is 3.18. The Morgan fingerprint density at radius 3 is 2.33 bits per heavy atom.